The number of benzene rings is 1. The van der Waals surface area contributed by atoms with E-state index >= 15 is 0 Å². The second kappa shape index (κ2) is 5.29. The molecule has 20 heavy (non-hydrogen) atoms. The Morgan fingerprint density at radius 2 is 1.95 bits per heavy atom. The zero-order chi connectivity index (χ0) is 14.1. The van der Waals surface area contributed by atoms with Gasteiger partial charge in [0.25, 0.3) is 0 Å². The van der Waals surface area contributed by atoms with Crippen LogP contribution in [0.4, 0.5) is 8.78 Å². The quantitative estimate of drug-likeness (QED) is 0.909. The molecule has 3 rings (SSSR count). The van der Waals surface area contributed by atoms with Crippen LogP contribution in [0.5, 0.6) is 0 Å². The van der Waals surface area contributed by atoms with Crippen molar-refractivity contribution in [3.05, 3.63) is 65.0 Å². The predicted molar refractivity (Wildman–Crippen MR) is 71.2 cm³/mol. The molecule has 0 saturated carbocycles. The average Bonchev–Trinajstić information content (AvgIpc) is 2.45. The molecular weight excluding hydrogens is 260 g/mol. The van der Waals surface area contributed by atoms with E-state index in [0.717, 1.165) is 36.6 Å². The number of fused-ring (bicyclic) bond motifs is 1. The van der Waals surface area contributed by atoms with Gasteiger partial charge in [-0.05, 0) is 48.6 Å². The maximum atomic E-state index is 13.3. The first-order valence-corrected chi connectivity index (χ1v) is 6.73. The van der Waals surface area contributed by atoms with Crippen LogP contribution >= 0.6 is 0 Å². The Morgan fingerprint density at radius 1 is 1.20 bits per heavy atom. The number of hydrogen-bond donors (Lipinski definition) is 1. The minimum absolute atomic E-state index is 0.207. The normalized spacial score (nSPS) is 19.4. The van der Waals surface area contributed by atoms with E-state index in [0.29, 0.717) is 0 Å². The number of halogens is 2. The molecule has 2 nitrogen and oxygen atoms in total. The van der Waals surface area contributed by atoms with Crippen LogP contribution in [-0.4, -0.2) is 10.1 Å². The van der Waals surface area contributed by atoms with Crippen molar-refractivity contribution >= 4 is 0 Å². The Labute approximate surface area is 116 Å². The summed E-state index contributed by atoms with van der Waals surface area (Å²) in [7, 11) is 0. The second-order valence-electron chi connectivity index (χ2n) is 5.19. The first-order valence-electron chi connectivity index (χ1n) is 6.73. The molecule has 1 heterocycles. The third kappa shape index (κ3) is 2.43. The predicted octanol–water partition coefficient (Wildman–Crippen LogP) is 3.51. The van der Waals surface area contributed by atoms with Gasteiger partial charge in [0.2, 0.25) is 0 Å². The number of aliphatic hydroxyl groups excluding tert-OH is 1. The Kier molecular flexibility index (Phi) is 3.49. The van der Waals surface area contributed by atoms with Crippen molar-refractivity contribution in [3.63, 3.8) is 0 Å². The number of aryl methyl sites for hydroxylation is 1. The topological polar surface area (TPSA) is 33.1 Å². The van der Waals surface area contributed by atoms with E-state index in [-0.39, 0.29) is 11.5 Å². The smallest absolute Gasteiger partial charge is 0.126 e. The van der Waals surface area contributed by atoms with Crippen molar-refractivity contribution < 1.29 is 13.9 Å². The van der Waals surface area contributed by atoms with E-state index in [1.165, 1.54) is 12.1 Å². The van der Waals surface area contributed by atoms with Gasteiger partial charge in [0.05, 0.1) is 6.10 Å². The van der Waals surface area contributed by atoms with Crippen LogP contribution in [0.2, 0.25) is 0 Å². The van der Waals surface area contributed by atoms with Crippen molar-refractivity contribution in [3.8, 4) is 0 Å². The fourth-order valence-corrected chi connectivity index (χ4v) is 2.93. The van der Waals surface area contributed by atoms with Crippen molar-refractivity contribution in [2.45, 2.75) is 31.3 Å². The maximum Gasteiger partial charge on any atom is 0.126 e. The molecule has 1 aromatic heterocycles. The summed E-state index contributed by atoms with van der Waals surface area (Å²) in [5, 5.41) is 10.5. The van der Waals surface area contributed by atoms with Gasteiger partial charge in [0, 0.05) is 23.9 Å². The summed E-state index contributed by atoms with van der Waals surface area (Å²) < 4.78 is 26.6. The first kappa shape index (κ1) is 13.2. The Hall–Kier alpha value is -1.81. The number of hydrogen-bond acceptors (Lipinski definition) is 2. The summed E-state index contributed by atoms with van der Waals surface area (Å²) in [5.74, 6) is -1.55. The summed E-state index contributed by atoms with van der Waals surface area (Å²) in [6.45, 7) is 0. The van der Waals surface area contributed by atoms with Crippen LogP contribution in [0.1, 0.15) is 41.7 Å². The highest BCUT2D eigenvalue weighted by atomic mass is 19.1. The van der Waals surface area contributed by atoms with Crippen LogP contribution < -0.4 is 0 Å². The Bertz CT molecular complexity index is 609. The summed E-state index contributed by atoms with van der Waals surface area (Å²) in [6, 6.07) is 7.04. The average molecular weight is 275 g/mol. The minimum Gasteiger partial charge on any atom is -0.388 e. The lowest BCUT2D eigenvalue weighted by Gasteiger charge is -2.28. The highest BCUT2D eigenvalue weighted by Gasteiger charge is 2.29. The molecule has 2 aromatic rings. The van der Waals surface area contributed by atoms with Gasteiger partial charge in [-0.2, -0.15) is 0 Å². The van der Waals surface area contributed by atoms with Gasteiger partial charge in [-0.25, -0.2) is 8.78 Å². The number of pyridine rings is 1. The lowest BCUT2D eigenvalue weighted by atomic mass is 9.81. The highest BCUT2D eigenvalue weighted by molar-refractivity contribution is 5.30. The fraction of sp³-hybridized carbons (Fsp3) is 0.312. The van der Waals surface area contributed by atoms with Crippen LogP contribution in [0.3, 0.4) is 0 Å². The van der Waals surface area contributed by atoms with Gasteiger partial charge in [0.1, 0.15) is 11.6 Å². The Morgan fingerprint density at radius 3 is 2.70 bits per heavy atom. The molecule has 0 radical (unpaired) electrons. The second-order valence-corrected chi connectivity index (χ2v) is 5.19. The molecule has 1 aromatic carbocycles. The van der Waals surface area contributed by atoms with Crippen LogP contribution in [0, 0.1) is 11.6 Å². The molecule has 0 aliphatic heterocycles. The summed E-state index contributed by atoms with van der Waals surface area (Å²) in [4.78, 5) is 4.34. The monoisotopic (exact) mass is 275 g/mol. The van der Waals surface area contributed by atoms with Crippen molar-refractivity contribution in [1.29, 1.82) is 0 Å². The van der Waals surface area contributed by atoms with Gasteiger partial charge in [-0.1, -0.05) is 6.07 Å². The molecular formula is C16H15F2NO. The van der Waals surface area contributed by atoms with Crippen LogP contribution in [-0.2, 0) is 6.42 Å². The van der Waals surface area contributed by atoms with Crippen molar-refractivity contribution in [2.75, 3.05) is 0 Å². The van der Waals surface area contributed by atoms with E-state index < -0.39 is 17.7 Å². The van der Waals surface area contributed by atoms with Crippen LogP contribution in [0.15, 0.2) is 36.5 Å². The number of aromatic nitrogens is 1. The molecule has 4 heteroatoms. The molecule has 0 bridgehead atoms. The summed E-state index contributed by atoms with van der Waals surface area (Å²) in [6.07, 6.45) is 3.40. The molecule has 0 amide bonds. The molecule has 1 N–H and O–H groups in total. The summed E-state index contributed by atoms with van der Waals surface area (Å²) >= 11 is 0. The molecule has 1 aliphatic rings. The standard InChI is InChI=1S/C16H15F2NO/c17-12-7-11(8-13(18)9-12)16(20)14-5-1-3-10-4-2-6-19-15(10)14/h2,4,6-9,14,16,20H,1,3,5H2. The fourth-order valence-electron chi connectivity index (χ4n) is 2.93. The van der Waals surface area contributed by atoms with Gasteiger partial charge in [-0.15, -0.1) is 0 Å². The van der Waals surface area contributed by atoms with Gasteiger partial charge in [-0.3, -0.25) is 4.98 Å². The van der Waals surface area contributed by atoms with E-state index in [4.69, 9.17) is 0 Å². The largest absolute Gasteiger partial charge is 0.388 e. The lowest BCUT2D eigenvalue weighted by Crippen LogP contribution is -2.18. The minimum atomic E-state index is -0.936. The molecule has 1 aliphatic carbocycles. The number of nitrogens with zero attached hydrogens (tertiary/aromatic N) is 1. The zero-order valence-electron chi connectivity index (χ0n) is 10.9. The SMILES string of the molecule is OC(c1cc(F)cc(F)c1)C1CCCc2cccnc21. The molecule has 104 valence electrons. The third-order valence-corrected chi connectivity index (χ3v) is 3.85. The molecule has 2 unspecified atom stereocenters. The molecule has 0 fully saturated rings. The summed E-state index contributed by atoms with van der Waals surface area (Å²) in [5.41, 5.74) is 2.22. The Balaban J connectivity index is 1.97. The van der Waals surface area contributed by atoms with Crippen molar-refractivity contribution in [2.24, 2.45) is 0 Å². The molecule has 0 spiro atoms. The van der Waals surface area contributed by atoms with E-state index in [2.05, 4.69) is 4.98 Å². The zero-order valence-corrected chi connectivity index (χ0v) is 10.9. The lowest BCUT2D eigenvalue weighted by molar-refractivity contribution is 0.133. The van der Waals surface area contributed by atoms with Gasteiger partial charge >= 0.3 is 0 Å². The molecule has 2 atom stereocenters. The van der Waals surface area contributed by atoms with E-state index in [1.54, 1.807) is 6.20 Å². The number of rotatable bonds is 2. The van der Waals surface area contributed by atoms with Gasteiger partial charge in [0.15, 0.2) is 0 Å². The van der Waals surface area contributed by atoms with E-state index in [1.807, 2.05) is 12.1 Å². The van der Waals surface area contributed by atoms with Crippen LogP contribution in [0.25, 0.3) is 0 Å². The van der Waals surface area contributed by atoms with Gasteiger partial charge < -0.3 is 5.11 Å². The third-order valence-electron chi connectivity index (χ3n) is 3.85. The van der Waals surface area contributed by atoms with Crippen molar-refractivity contribution in [1.82, 2.24) is 4.98 Å². The molecule has 0 saturated heterocycles. The maximum absolute atomic E-state index is 13.3. The highest BCUT2D eigenvalue weighted by Crippen LogP contribution is 2.39. The van der Waals surface area contributed by atoms with E-state index in [9.17, 15) is 13.9 Å². The number of aliphatic hydroxyl groups is 1. The first-order chi connectivity index (χ1) is 9.65.